The van der Waals surface area contributed by atoms with E-state index in [1.165, 1.54) is 0 Å². The minimum atomic E-state index is 0.0504. The van der Waals surface area contributed by atoms with Crippen LogP contribution in [-0.2, 0) is 4.79 Å². The molecule has 6 heteroatoms. The summed E-state index contributed by atoms with van der Waals surface area (Å²) >= 11 is 5.66. The van der Waals surface area contributed by atoms with Gasteiger partial charge >= 0.3 is 0 Å². The highest BCUT2D eigenvalue weighted by Gasteiger charge is 2.37. The van der Waals surface area contributed by atoms with Crippen molar-refractivity contribution in [3.8, 4) is 0 Å². The van der Waals surface area contributed by atoms with Crippen LogP contribution in [0.15, 0.2) is 22.7 Å². The van der Waals surface area contributed by atoms with Gasteiger partial charge in [-0.3, -0.25) is 9.59 Å². The van der Waals surface area contributed by atoms with Gasteiger partial charge in [-0.1, -0.05) is 0 Å². The second-order valence-corrected chi connectivity index (χ2v) is 7.25. The third-order valence-corrected chi connectivity index (χ3v) is 5.30. The van der Waals surface area contributed by atoms with Crippen LogP contribution in [0.4, 0.5) is 0 Å². The highest BCUT2D eigenvalue weighted by Crippen LogP contribution is 2.26. The van der Waals surface area contributed by atoms with Gasteiger partial charge in [0.1, 0.15) is 0 Å². The van der Waals surface area contributed by atoms with Crippen molar-refractivity contribution in [3.63, 3.8) is 0 Å². The van der Waals surface area contributed by atoms with Crippen LogP contribution in [-0.4, -0.2) is 47.3 Å². The lowest BCUT2D eigenvalue weighted by molar-refractivity contribution is -0.130. The normalized spacial score (nSPS) is 22.1. The van der Waals surface area contributed by atoms with E-state index in [-0.39, 0.29) is 17.9 Å². The molecule has 4 nitrogen and oxygen atoms in total. The molecule has 0 saturated carbocycles. The van der Waals surface area contributed by atoms with E-state index in [2.05, 4.69) is 38.5 Å². The predicted molar refractivity (Wildman–Crippen MR) is 87.5 cm³/mol. The highest BCUT2D eigenvalue weighted by atomic mass is 127. The van der Waals surface area contributed by atoms with Crippen molar-refractivity contribution in [2.24, 2.45) is 0 Å². The van der Waals surface area contributed by atoms with Crippen molar-refractivity contribution >= 4 is 50.3 Å². The van der Waals surface area contributed by atoms with Gasteiger partial charge in [-0.15, -0.1) is 0 Å². The molecule has 1 aromatic carbocycles. The largest absolute Gasteiger partial charge is 0.336 e. The van der Waals surface area contributed by atoms with Crippen molar-refractivity contribution in [1.29, 1.82) is 0 Å². The van der Waals surface area contributed by atoms with E-state index in [4.69, 9.17) is 0 Å². The molecule has 2 aliphatic rings. The first-order valence-electron chi connectivity index (χ1n) is 6.60. The minimum absolute atomic E-state index is 0.0504. The molecule has 0 radical (unpaired) electrons. The molecule has 3 rings (SSSR count). The molecule has 2 saturated heterocycles. The molecule has 2 amide bonds. The van der Waals surface area contributed by atoms with Crippen LogP contribution in [0.1, 0.15) is 23.2 Å². The van der Waals surface area contributed by atoms with Crippen molar-refractivity contribution in [2.75, 3.05) is 19.6 Å². The molecule has 2 aliphatic heterocycles. The number of hydrogen-bond donors (Lipinski definition) is 0. The summed E-state index contributed by atoms with van der Waals surface area (Å²) in [6.07, 6.45) is 1.50. The maximum Gasteiger partial charge on any atom is 0.255 e. The van der Waals surface area contributed by atoms with E-state index in [0.29, 0.717) is 31.6 Å². The summed E-state index contributed by atoms with van der Waals surface area (Å²) in [5.74, 6) is 0.284. The van der Waals surface area contributed by atoms with Crippen molar-refractivity contribution in [1.82, 2.24) is 9.80 Å². The van der Waals surface area contributed by atoms with Gasteiger partial charge in [0.05, 0.1) is 5.56 Å². The van der Waals surface area contributed by atoms with Crippen LogP contribution in [0.2, 0.25) is 0 Å². The summed E-state index contributed by atoms with van der Waals surface area (Å²) in [6, 6.07) is 5.99. The number of rotatable bonds is 1. The fraction of sp³-hybridized carbons (Fsp3) is 0.429. The molecule has 0 aliphatic carbocycles. The molecule has 0 N–H and O–H groups in total. The van der Waals surface area contributed by atoms with Gasteiger partial charge in [0, 0.05) is 40.1 Å². The van der Waals surface area contributed by atoms with E-state index in [1.54, 1.807) is 0 Å². The summed E-state index contributed by atoms with van der Waals surface area (Å²) in [5, 5.41) is 0. The third-order valence-electron chi connectivity index (χ3n) is 3.94. The van der Waals surface area contributed by atoms with E-state index < -0.39 is 0 Å². The fourth-order valence-corrected chi connectivity index (χ4v) is 3.79. The zero-order valence-electron chi connectivity index (χ0n) is 10.8. The van der Waals surface area contributed by atoms with Crippen LogP contribution in [0, 0.1) is 3.57 Å². The number of amides is 2. The van der Waals surface area contributed by atoms with Crippen LogP contribution < -0.4 is 0 Å². The Kier molecular flexibility index (Phi) is 4.03. The van der Waals surface area contributed by atoms with E-state index in [0.717, 1.165) is 14.5 Å². The summed E-state index contributed by atoms with van der Waals surface area (Å²) in [6.45, 7) is 1.94. The molecule has 2 fully saturated rings. The average molecular weight is 449 g/mol. The van der Waals surface area contributed by atoms with Gasteiger partial charge in [-0.2, -0.15) is 0 Å². The molecular formula is C14H14BrIN2O2. The highest BCUT2D eigenvalue weighted by molar-refractivity contribution is 14.1. The smallest absolute Gasteiger partial charge is 0.255 e. The van der Waals surface area contributed by atoms with Gasteiger partial charge in [0.25, 0.3) is 5.91 Å². The molecule has 106 valence electrons. The minimum Gasteiger partial charge on any atom is -0.336 e. The van der Waals surface area contributed by atoms with Crippen LogP contribution >= 0.6 is 38.5 Å². The molecule has 1 atom stereocenters. The molecular weight excluding hydrogens is 435 g/mol. The lowest BCUT2D eigenvalue weighted by Crippen LogP contribution is -2.53. The standard InChI is InChI=1S/C14H14BrIN2O2/c15-12-3-1-9(16)7-11(12)14(20)17-5-6-18-10(8-17)2-4-13(18)19/h1,3,7,10H,2,4-6,8H2. The lowest BCUT2D eigenvalue weighted by Gasteiger charge is -2.37. The van der Waals surface area contributed by atoms with Crippen LogP contribution in [0.3, 0.4) is 0 Å². The maximum atomic E-state index is 12.6. The van der Waals surface area contributed by atoms with Crippen LogP contribution in [0.5, 0.6) is 0 Å². The zero-order valence-corrected chi connectivity index (χ0v) is 14.6. The number of nitrogens with zero attached hydrogens (tertiary/aromatic N) is 2. The maximum absolute atomic E-state index is 12.6. The monoisotopic (exact) mass is 448 g/mol. The number of hydrogen-bond acceptors (Lipinski definition) is 2. The second-order valence-electron chi connectivity index (χ2n) is 5.15. The number of fused-ring (bicyclic) bond motifs is 1. The molecule has 20 heavy (non-hydrogen) atoms. The molecule has 2 heterocycles. The van der Waals surface area contributed by atoms with E-state index >= 15 is 0 Å². The molecule has 0 aromatic heterocycles. The van der Waals surface area contributed by atoms with Crippen molar-refractivity contribution in [3.05, 3.63) is 31.8 Å². The Morgan fingerprint density at radius 3 is 2.95 bits per heavy atom. The van der Waals surface area contributed by atoms with Gasteiger partial charge in [0.15, 0.2) is 0 Å². The first-order chi connectivity index (χ1) is 9.56. The SMILES string of the molecule is O=C(c1cc(I)ccc1Br)N1CCN2C(=O)CCC2C1. The predicted octanol–water partition coefficient (Wildman–Crippen LogP) is 2.50. The third kappa shape index (κ3) is 2.59. The molecule has 0 spiro atoms. The number of benzene rings is 1. The number of carbonyl (C=O) groups is 2. The summed E-state index contributed by atoms with van der Waals surface area (Å²) in [7, 11) is 0. The first-order valence-corrected chi connectivity index (χ1v) is 8.47. The van der Waals surface area contributed by atoms with Gasteiger partial charge < -0.3 is 9.80 Å². The Hall–Kier alpha value is -0.630. The Morgan fingerprint density at radius 2 is 2.15 bits per heavy atom. The summed E-state index contributed by atoms with van der Waals surface area (Å²) in [5.41, 5.74) is 0.703. The second kappa shape index (κ2) is 5.63. The Morgan fingerprint density at radius 1 is 1.35 bits per heavy atom. The number of halogens is 2. The topological polar surface area (TPSA) is 40.6 Å². The zero-order chi connectivity index (χ0) is 14.3. The lowest BCUT2D eigenvalue weighted by atomic mass is 10.1. The van der Waals surface area contributed by atoms with Crippen molar-refractivity contribution in [2.45, 2.75) is 18.9 Å². The number of piperazine rings is 1. The average Bonchev–Trinajstić information content (AvgIpc) is 2.82. The number of carbonyl (C=O) groups excluding carboxylic acids is 2. The van der Waals surface area contributed by atoms with Crippen LogP contribution in [0.25, 0.3) is 0 Å². The van der Waals surface area contributed by atoms with Gasteiger partial charge in [0.2, 0.25) is 5.91 Å². The Labute approximate surface area is 139 Å². The summed E-state index contributed by atoms with van der Waals surface area (Å²) < 4.78 is 1.87. The van der Waals surface area contributed by atoms with Gasteiger partial charge in [-0.25, -0.2) is 0 Å². The fourth-order valence-electron chi connectivity index (χ4n) is 2.88. The molecule has 1 aromatic rings. The Balaban J connectivity index is 1.78. The first kappa shape index (κ1) is 14.3. The molecule has 1 unspecified atom stereocenters. The summed E-state index contributed by atoms with van der Waals surface area (Å²) in [4.78, 5) is 28.1. The Bertz CT molecular complexity index is 578. The molecule has 0 bridgehead atoms. The van der Waals surface area contributed by atoms with Crippen molar-refractivity contribution < 1.29 is 9.59 Å². The quantitative estimate of drug-likeness (QED) is 0.619. The van der Waals surface area contributed by atoms with E-state index in [1.807, 2.05) is 28.0 Å². The van der Waals surface area contributed by atoms with Gasteiger partial charge in [-0.05, 0) is 63.1 Å². The van der Waals surface area contributed by atoms with E-state index in [9.17, 15) is 9.59 Å².